The summed E-state index contributed by atoms with van der Waals surface area (Å²) in [6.07, 6.45) is 7.79. The van der Waals surface area contributed by atoms with E-state index in [0.29, 0.717) is 5.92 Å². The molecule has 0 aliphatic heterocycles. The second-order valence-electron chi connectivity index (χ2n) is 4.05. The smallest absolute Gasteiger partial charge is 0.137 e. The lowest BCUT2D eigenvalue weighted by atomic mass is 9.90. The molecular weight excluding hydrogens is 192 g/mol. The molecular formula is C11H18N2S. The first kappa shape index (κ1) is 9.97. The van der Waals surface area contributed by atoms with Crippen LogP contribution in [0.4, 0.5) is 5.82 Å². The Bertz CT molecular complexity index is 300. The van der Waals surface area contributed by atoms with Crippen LogP contribution in [0.5, 0.6) is 0 Å². The molecule has 0 unspecified atom stereocenters. The maximum Gasteiger partial charge on any atom is 0.137 e. The van der Waals surface area contributed by atoms with Gasteiger partial charge in [-0.15, -0.1) is 11.3 Å². The van der Waals surface area contributed by atoms with Crippen molar-refractivity contribution in [2.75, 3.05) is 5.73 Å². The van der Waals surface area contributed by atoms with Gasteiger partial charge in [-0.05, 0) is 19.3 Å². The molecule has 0 bridgehead atoms. The SMILES string of the molecule is CCc1sc(C2CCCCC2)nc1N. The number of nitrogens with zero attached hydrogens (tertiary/aromatic N) is 1. The molecule has 14 heavy (non-hydrogen) atoms. The largest absolute Gasteiger partial charge is 0.383 e. The fraction of sp³-hybridized carbons (Fsp3) is 0.727. The number of anilines is 1. The van der Waals surface area contributed by atoms with Crippen molar-refractivity contribution < 1.29 is 0 Å². The molecule has 0 aromatic carbocycles. The van der Waals surface area contributed by atoms with Gasteiger partial charge >= 0.3 is 0 Å². The molecule has 0 spiro atoms. The van der Waals surface area contributed by atoms with Crippen molar-refractivity contribution in [3.8, 4) is 0 Å². The third-order valence-corrected chi connectivity index (χ3v) is 4.40. The summed E-state index contributed by atoms with van der Waals surface area (Å²) in [5, 5.41) is 1.29. The zero-order valence-electron chi connectivity index (χ0n) is 8.75. The van der Waals surface area contributed by atoms with E-state index in [-0.39, 0.29) is 0 Å². The van der Waals surface area contributed by atoms with Crippen LogP contribution in [0.3, 0.4) is 0 Å². The average Bonchev–Trinajstić information content (AvgIpc) is 2.61. The Labute approximate surface area is 89.5 Å². The number of aromatic nitrogens is 1. The van der Waals surface area contributed by atoms with Crippen LogP contribution in [-0.2, 0) is 6.42 Å². The number of hydrogen-bond donors (Lipinski definition) is 1. The number of rotatable bonds is 2. The maximum atomic E-state index is 5.86. The van der Waals surface area contributed by atoms with Crippen molar-refractivity contribution in [1.82, 2.24) is 4.98 Å². The van der Waals surface area contributed by atoms with Crippen LogP contribution >= 0.6 is 11.3 Å². The van der Waals surface area contributed by atoms with Crippen LogP contribution in [0.15, 0.2) is 0 Å². The Morgan fingerprint density at radius 3 is 2.64 bits per heavy atom. The van der Waals surface area contributed by atoms with E-state index in [4.69, 9.17) is 5.73 Å². The van der Waals surface area contributed by atoms with Crippen molar-refractivity contribution in [2.24, 2.45) is 0 Å². The predicted octanol–water partition coefficient (Wildman–Crippen LogP) is 3.34. The summed E-state index contributed by atoms with van der Waals surface area (Å²) in [5.74, 6) is 1.48. The maximum absolute atomic E-state index is 5.86. The van der Waals surface area contributed by atoms with Crippen LogP contribution < -0.4 is 5.73 Å². The average molecular weight is 210 g/mol. The van der Waals surface area contributed by atoms with Gasteiger partial charge in [0.1, 0.15) is 5.82 Å². The van der Waals surface area contributed by atoms with Crippen molar-refractivity contribution in [1.29, 1.82) is 0 Å². The molecule has 1 aromatic rings. The summed E-state index contributed by atoms with van der Waals surface area (Å²) in [6.45, 7) is 2.15. The number of aryl methyl sites for hydroxylation is 1. The lowest BCUT2D eigenvalue weighted by Gasteiger charge is -2.18. The monoisotopic (exact) mass is 210 g/mol. The second-order valence-corrected chi connectivity index (χ2v) is 5.16. The molecule has 0 amide bonds. The Kier molecular flexibility index (Phi) is 3.06. The van der Waals surface area contributed by atoms with Gasteiger partial charge in [-0.25, -0.2) is 4.98 Å². The minimum Gasteiger partial charge on any atom is -0.383 e. The van der Waals surface area contributed by atoms with Crippen molar-refractivity contribution in [2.45, 2.75) is 51.4 Å². The molecule has 0 saturated heterocycles. The summed E-state index contributed by atoms with van der Waals surface area (Å²) >= 11 is 1.83. The molecule has 1 aromatic heterocycles. The summed E-state index contributed by atoms with van der Waals surface area (Å²) in [7, 11) is 0. The fourth-order valence-corrected chi connectivity index (χ4v) is 3.25. The highest BCUT2D eigenvalue weighted by Crippen LogP contribution is 2.36. The normalized spacial score (nSPS) is 18.6. The summed E-state index contributed by atoms with van der Waals surface area (Å²) in [4.78, 5) is 5.77. The Hall–Kier alpha value is -0.570. The number of nitrogen functional groups attached to an aromatic ring is 1. The van der Waals surface area contributed by atoms with E-state index in [1.165, 1.54) is 42.0 Å². The highest BCUT2D eigenvalue weighted by atomic mass is 32.1. The molecule has 3 heteroatoms. The molecule has 1 fully saturated rings. The number of hydrogen-bond acceptors (Lipinski definition) is 3. The van der Waals surface area contributed by atoms with E-state index >= 15 is 0 Å². The van der Waals surface area contributed by atoms with Crippen molar-refractivity contribution >= 4 is 17.2 Å². The molecule has 0 radical (unpaired) electrons. The van der Waals surface area contributed by atoms with Gasteiger partial charge in [0.15, 0.2) is 0 Å². The van der Waals surface area contributed by atoms with Gasteiger partial charge < -0.3 is 5.73 Å². The second kappa shape index (κ2) is 4.30. The van der Waals surface area contributed by atoms with E-state index in [1.54, 1.807) is 0 Å². The van der Waals surface area contributed by atoms with Crippen LogP contribution in [0.25, 0.3) is 0 Å². The van der Waals surface area contributed by atoms with E-state index in [0.717, 1.165) is 12.2 Å². The third-order valence-electron chi connectivity index (χ3n) is 3.02. The fourth-order valence-electron chi connectivity index (χ4n) is 2.16. The van der Waals surface area contributed by atoms with Gasteiger partial charge in [0.05, 0.1) is 5.01 Å². The molecule has 2 nitrogen and oxygen atoms in total. The summed E-state index contributed by atoms with van der Waals surface area (Å²) in [5.41, 5.74) is 5.86. The first-order chi connectivity index (χ1) is 6.81. The third kappa shape index (κ3) is 1.92. The van der Waals surface area contributed by atoms with Gasteiger partial charge in [0.25, 0.3) is 0 Å². The Morgan fingerprint density at radius 2 is 2.07 bits per heavy atom. The van der Waals surface area contributed by atoms with Crippen LogP contribution in [0, 0.1) is 0 Å². The molecule has 1 aliphatic carbocycles. The molecule has 78 valence electrons. The first-order valence-corrected chi connectivity index (χ1v) is 6.38. The van der Waals surface area contributed by atoms with Gasteiger partial charge in [-0.2, -0.15) is 0 Å². The Morgan fingerprint density at radius 1 is 1.36 bits per heavy atom. The zero-order chi connectivity index (χ0) is 9.97. The lowest BCUT2D eigenvalue weighted by molar-refractivity contribution is 0.442. The van der Waals surface area contributed by atoms with E-state index < -0.39 is 0 Å². The van der Waals surface area contributed by atoms with Gasteiger partial charge in [0, 0.05) is 10.8 Å². The van der Waals surface area contributed by atoms with Crippen LogP contribution in [0.2, 0.25) is 0 Å². The van der Waals surface area contributed by atoms with E-state index in [2.05, 4.69) is 11.9 Å². The molecule has 0 atom stereocenters. The van der Waals surface area contributed by atoms with Gasteiger partial charge in [-0.1, -0.05) is 26.2 Å². The molecule has 1 aliphatic rings. The standard InChI is InChI=1S/C11H18N2S/c1-2-9-10(12)13-11(14-9)8-6-4-3-5-7-8/h8H,2-7,12H2,1H3. The molecule has 2 N–H and O–H groups in total. The molecule has 1 heterocycles. The lowest BCUT2D eigenvalue weighted by Crippen LogP contribution is -2.04. The minimum absolute atomic E-state index is 0.705. The predicted molar refractivity (Wildman–Crippen MR) is 61.7 cm³/mol. The Balaban J connectivity index is 2.14. The van der Waals surface area contributed by atoms with E-state index in [1.807, 2.05) is 11.3 Å². The number of nitrogens with two attached hydrogens (primary N) is 1. The van der Waals surface area contributed by atoms with E-state index in [9.17, 15) is 0 Å². The van der Waals surface area contributed by atoms with Crippen LogP contribution in [0.1, 0.15) is 54.8 Å². The quantitative estimate of drug-likeness (QED) is 0.813. The highest BCUT2D eigenvalue weighted by Gasteiger charge is 2.19. The molecule has 1 saturated carbocycles. The van der Waals surface area contributed by atoms with Crippen molar-refractivity contribution in [3.05, 3.63) is 9.88 Å². The van der Waals surface area contributed by atoms with Gasteiger partial charge in [-0.3, -0.25) is 0 Å². The topological polar surface area (TPSA) is 38.9 Å². The summed E-state index contributed by atoms with van der Waals surface area (Å²) < 4.78 is 0. The highest BCUT2D eigenvalue weighted by molar-refractivity contribution is 7.12. The zero-order valence-corrected chi connectivity index (χ0v) is 9.57. The van der Waals surface area contributed by atoms with Crippen LogP contribution in [-0.4, -0.2) is 4.98 Å². The molecule has 2 rings (SSSR count). The summed E-state index contributed by atoms with van der Waals surface area (Å²) in [6, 6.07) is 0. The van der Waals surface area contributed by atoms with Gasteiger partial charge in [0.2, 0.25) is 0 Å². The first-order valence-electron chi connectivity index (χ1n) is 5.56. The van der Waals surface area contributed by atoms with Crippen molar-refractivity contribution in [3.63, 3.8) is 0 Å². The minimum atomic E-state index is 0.705. The number of thiazole rings is 1.